The lowest BCUT2D eigenvalue weighted by Crippen LogP contribution is -2.53. The number of aryl methyl sites for hydroxylation is 1. The lowest BCUT2D eigenvalue weighted by Gasteiger charge is -2.36. The summed E-state index contributed by atoms with van der Waals surface area (Å²) in [5, 5.41) is 12.7. The van der Waals surface area contributed by atoms with Gasteiger partial charge < -0.3 is 15.5 Å². The summed E-state index contributed by atoms with van der Waals surface area (Å²) in [6.45, 7) is 6.86. The molecule has 1 amide bonds. The third kappa shape index (κ3) is 4.19. The first-order valence-corrected chi connectivity index (χ1v) is 8.58. The number of aromatic nitrogens is 4. The van der Waals surface area contributed by atoms with Gasteiger partial charge in [0, 0.05) is 26.2 Å². The molecule has 0 spiro atoms. The van der Waals surface area contributed by atoms with Crippen LogP contribution in [0.25, 0.3) is 5.65 Å². The summed E-state index contributed by atoms with van der Waals surface area (Å²) >= 11 is 0. The van der Waals surface area contributed by atoms with Crippen molar-refractivity contribution in [1.82, 2.24) is 24.7 Å². The normalized spacial score (nSPS) is 16.0. The zero-order valence-electron chi connectivity index (χ0n) is 14.8. The molecule has 3 rings (SSSR count). The first kappa shape index (κ1) is 19.4. The Balaban J connectivity index is 0.00000225. The summed E-state index contributed by atoms with van der Waals surface area (Å²) in [5.74, 6) is 1.72. The molecule has 1 aliphatic rings. The van der Waals surface area contributed by atoms with Gasteiger partial charge in [0.15, 0.2) is 11.5 Å². The molecule has 1 saturated heterocycles. The predicted molar refractivity (Wildman–Crippen MR) is 99.1 cm³/mol. The average Bonchev–Trinajstić information content (AvgIpc) is 2.99. The molecule has 3 heterocycles. The van der Waals surface area contributed by atoms with Crippen molar-refractivity contribution in [3.8, 4) is 0 Å². The van der Waals surface area contributed by atoms with Gasteiger partial charge in [-0.3, -0.25) is 4.79 Å². The summed E-state index contributed by atoms with van der Waals surface area (Å²) in [5.41, 5.74) is 6.76. The molecule has 0 aromatic carbocycles. The van der Waals surface area contributed by atoms with Crippen LogP contribution in [0.2, 0.25) is 0 Å². The van der Waals surface area contributed by atoms with Crippen molar-refractivity contribution in [1.29, 1.82) is 0 Å². The SMILES string of the molecule is CCCCC(N)C(=O)N1CCN(c2ccc3nnc(C)n3n2)CC1.Cl. The first-order valence-electron chi connectivity index (χ1n) is 8.58. The molecule has 1 atom stereocenters. The second kappa shape index (κ2) is 8.44. The van der Waals surface area contributed by atoms with E-state index in [0.29, 0.717) is 13.1 Å². The number of rotatable bonds is 5. The van der Waals surface area contributed by atoms with Crippen LogP contribution in [0.4, 0.5) is 5.82 Å². The zero-order chi connectivity index (χ0) is 17.1. The highest BCUT2D eigenvalue weighted by Crippen LogP contribution is 2.15. The van der Waals surface area contributed by atoms with Crippen LogP contribution in [0, 0.1) is 6.92 Å². The molecule has 1 fully saturated rings. The van der Waals surface area contributed by atoms with Crippen LogP contribution >= 0.6 is 12.4 Å². The van der Waals surface area contributed by atoms with Gasteiger partial charge in [-0.15, -0.1) is 27.7 Å². The lowest BCUT2D eigenvalue weighted by molar-refractivity contribution is -0.133. The Morgan fingerprint density at radius 1 is 1.24 bits per heavy atom. The highest BCUT2D eigenvalue weighted by atomic mass is 35.5. The van der Waals surface area contributed by atoms with Crippen molar-refractivity contribution in [2.24, 2.45) is 5.73 Å². The van der Waals surface area contributed by atoms with E-state index in [1.807, 2.05) is 24.0 Å². The van der Waals surface area contributed by atoms with Gasteiger partial charge in [-0.2, -0.15) is 4.52 Å². The molecule has 2 N–H and O–H groups in total. The number of nitrogens with zero attached hydrogens (tertiary/aromatic N) is 6. The second-order valence-corrected chi connectivity index (χ2v) is 6.27. The molecule has 0 bridgehead atoms. The number of piperazine rings is 1. The number of anilines is 1. The van der Waals surface area contributed by atoms with Gasteiger partial charge in [0.05, 0.1) is 6.04 Å². The summed E-state index contributed by atoms with van der Waals surface area (Å²) in [6.07, 6.45) is 2.82. The molecule has 0 aliphatic carbocycles. The van der Waals surface area contributed by atoms with Gasteiger partial charge in [0.2, 0.25) is 5.91 Å². The maximum atomic E-state index is 12.4. The molecule has 0 radical (unpaired) electrons. The van der Waals surface area contributed by atoms with E-state index >= 15 is 0 Å². The van der Waals surface area contributed by atoms with Crippen molar-refractivity contribution in [3.63, 3.8) is 0 Å². The van der Waals surface area contributed by atoms with E-state index in [2.05, 4.69) is 27.1 Å². The number of fused-ring (bicyclic) bond motifs is 1. The van der Waals surface area contributed by atoms with Crippen LogP contribution in [0.5, 0.6) is 0 Å². The number of carbonyl (C=O) groups excluding carboxylic acids is 1. The van der Waals surface area contributed by atoms with Crippen LogP contribution in [-0.2, 0) is 4.79 Å². The van der Waals surface area contributed by atoms with Crippen molar-refractivity contribution in [2.45, 2.75) is 39.2 Å². The standard InChI is InChI=1S/C16H25N7O.ClH/c1-3-4-5-13(17)16(24)22-10-8-21(9-11-22)15-7-6-14-19-18-12(2)23(14)20-15;/h6-7,13H,3-5,8-11,17H2,1-2H3;1H. The van der Waals surface area contributed by atoms with E-state index in [1.165, 1.54) is 0 Å². The van der Waals surface area contributed by atoms with Crippen LogP contribution in [0.15, 0.2) is 12.1 Å². The smallest absolute Gasteiger partial charge is 0.239 e. The Labute approximate surface area is 153 Å². The topological polar surface area (TPSA) is 92.7 Å². The summed E-state index contributed by atoms with van der Waals surface area (Å²) < 4.78 is 1.74. The van der Waals surface area contributed by atoms with Gasteiger partial charge in [0.25, 0.3) is 0 Å². The molecule has 9 heteroatoms. The van der Waals surface area contributed by atoms with Crippen LogP contribution in [-0.4, -0.2) is 62.8 Å². The van der Waals surface area contributed by atoms with Crippen molar-refractivity contribution in [2.75, 3.05) is 31.1 Å². The summed E-state index contributed by atoms with van der Waals surface area (Å²) in [4.78, 5) is 16.4. The number of amides is 1. The Bertz CT molecular complexity index is 712. The highest BCUT2D eigenvalue weighted by molar-refractivity contribution is 5.85. The fourth-order valence-corrected chi connectivity index (χ4v) is 2.99. The highest BCUT2D eigenvalue weighted by Gasteiger charge is 2.25. The Morgan fingerprint density at radius 2 is 1.96 bits per heavy atom. The van der Waals surface area contributed by atoms with E-state index in [-0.39, 0.29) is 24.4 Å². The Hall–Kier alpha value is -1.93. The molecule has 2 aromatic heterocycles. The van der Waals surface area contributed by atoms with Crippen molar-refractivity contribution in [3.05, 3.63) is 18.0 Å². The lowest BCUT2D eigenvalue weighted by atomic mass is 10.1. The average molecular weight is 368 g/mol. The third-order valence-corrected chi connectivity index (χ3v) is 4.51. The van der Waals surface area contributed by atoms with Crippen LogP contribution in [0.3, 0.4) is 0 Å². The minimum absolute atomic E-state index is 0. The molecule has 2 aromatic rings. The largest absolute Gasteiger partial charge is 0.352 e. The van der Waals surface area contributed by atoms with Gasteiger partial charge in [-0.25, -0.2) is 0 Å². The first-order chi connectivity index (χ1) is 11.6. The Morgan fingerprint density at radius 3 is 2.64 bits per heavy atom. The predicted octanol–water partition coefficient (Wildman–Crippen LogP) is 1.02. The van der Waals surface area contributed by atoms with E-state index in [9.17, 15) is 4.79 Å². The Kier molecular flexibility index (Phi) is 6.55. The number of halogens is 1. The zero-order valence-corrected chi connectivity index (χ0v) is 15.6. The summed E-state index contributed by atoms with van der Waals surface area (Å²) in [7, 11) is 0. The van der Waals surface area contributed by atoms with E-state index in [1.54, 1.807) is 4.52 Å². The van der Waals surface area contributed by atoms with Gasteiger partial charge >= 0.3 is 0 Å². The molecule has 25 heavy (non-hydrogen) atoms. The maximum absolute atomic E-state index is 12.4. The van der Waals surface area contributed by atoms with E-state index in [0.717, 1.165) is 49.6 Å². The van der Waals surface area contributed by atoms with Crippen molar-refractivity contribution >= 4 is 29.8 Å². The second-order valence-electron chi connectivity index (χ2n) is 6.27. The summed E-state index contributed by atoms with van der Waals surface area (Å²) in [6, 6.07) is 3.50. The minimum atomic E-state index is -0.370. The monoisotopic (exact) mass is 367 g/mol. The molecule has 0 saturated carbocycles. The fourth-order valence-electron chi connectivity index (χ4n) is 2.99. The minimum Gasteiger partial charge on any atom is -0.352 e. The fraction of sp³-hybridized carbons (Fsp3) is 0.625. The van der Waals surface area contributed by atoms with Crippen LogP contribution in [0.1, 0.15) is 32.0 Å². The quantitative estimate of drug-likeness (QED) is 0.848. The number of nitrogens with two attached hydrogens (primary N) is 1. The number of hydrogen-bond acceptors (Lipinski definition) is 6. The van der Waals surface area contributed by atoms with E-state index in [4.69, 9.17) is 5.73 Å². The number of carbonyl (C=O) groups is 1. The molecular formula is C16H26ClN7O. The molecule has 138 valence electrons. The van der Waals surface area contributed by atoms with Crippen molar-refractivity contribution < 1.29 is 4.79 Å². The van der Waals surface area contributed by atoms with Crippen LogP contribution < -0.4 is 10.6 Å². The maximum Gasteiger partial charge on any atom is 0.239 e. The number of hydrogen-bond donors (Lipinski definition) is 1. The van der Waals surface area contributed by atoms with Gasteiger partial charge in [-0.05, 0) is 25.5 Å². The molecule has 1 aliphatic heterocycles. The molecule has 8 nitrogen and oxygen atoms in total. The third-order valence-electron chi connectivity index (χ3n) is 4.51. The van der Waals surface area contributed by atoms with E-state index < -0.39 is 0 Å². The molecule has 1 unspecified atom stereocenters. The molecular weight excluding hydrogens is 342 g/mol. The number of unbranched alkanes of at least 4 members (excludes halogenated alkanes) is 1. The van der Waals surface area contributed by atoms with Gasteiger partial charge in [0.1, 0.15) is 5.82 Å². The van der Waals surface area contributed by atoms with Gasteiger partial charge in [-0.1, -0.05) is 19.8 Å².